The normalized spacial score (nSPS) is 10.7. The van der Waals surface area contributed by atoms with Crippen LogP contribution in [0, 0.1) is 20.8 Å². The third-order valence-electron chi connectivity index (χ3n) is 5.06. The van der Waals surface area contributed by atoms with Gasteiger partial charge in [-0.15, -0.1) is 0 Å². The summed E-state index contributed by atoms with van der Waals surface area (Å²) in [6.45, 7) is 6.40. The van der Waals surface area contributed by atoms with Crippen LogP contribution in [0.5, 0.6) is 0 Å². The lowest BCUT2D eigenvalue weighted by Crippen LogP contribution is -2.11. The molecule has 0 radical (unpaired) electrons. The number of nitrogens with zero attached hydrogens (tertiary/aromatic N) is 1. The monoisotopic (exact) mass is 363 g/mol. The van der Waals surface area contributed by atoms with E-state index in [2.05, 4.69) is 123 Å². The van der Waals surface area contributed by atoms with Crippen molar-refractivity contribution < 1.29 is 0 Å². The minimum atomic E-state index is 1.16. The fourth-order valence-electron chi connectivity index (χ4n) is 3.51. The summed E-state index contributed by atoms with van der Waals surface area (Å²) < 4.78 is 0. The first-order valence-electron chi connectivity index (χ1n) is 9.71. The van der Waals surface area contributed by atoms with Gasteiger partial charge in [0, 0.05) is 16.9 Å². The highest BCUT2D eigenvalue weighted by molar-refractivity contribution is 5.88. The van der Waals surface area contributed by atoms with Gasteiger partial charge in [-0.25, -0.2) is 0 Å². The number of hydrogen-bond acceptors (Lipinski definition) is 1. The number of rotatable bonds is 4. The van der Waals surface area contributed by atoms with Gasteiger partial charge in [-0.3, -0.25) is 0 Å². The molecule has 4 aromatic carbocycles. The summed E-state index contributed by atoms with van der Waals surface area (Å²) in [6, 6.07) is 34.8. The molecule has 138 valence electrons. The molecule has 0 aliphatic rings. The highest BCUT2D eigenvalue weighted by Gasteiger charge is 2.17. The molecule has 4 rings (SSSR count). The summed E-state index contributed by atoms with van der Waals surface area (Å²) in [5.74, 6) is 0. The summed E-state index contributed by atoms with van der Waals surface area (Å²) in [5, 5.41) is 0. The summed E-state index contributed by atoms with van der Waals surface area (Å²) in [6.07, 6.45) is 0. The zero-order chi connectivity index (χ0) is 19.5. The maximum Gasteiger partial charge on any atom is 0.0540 e. The lowest BCUT2D eigenvalue weighted by atomic mass is 9.99. The van der Waals surface area contributed by atoms with Crippen molar-refractivity contribution >= 4 is 17.1 Å². The highest BCUT2D eigenvalue weighted by Crippen LogP contribution is 2.41. The SMILES string of the molecule is Cc1ccc(N(c2ccc(C)cc2)c2ccc(C)cc2-c2ccccc2)cc1. The van der Waals surface area contributed by atoms with Crippen molar-refractivity contribution in [2.75, 3.05) is 4.90 Å². The molecule has 0 fully saturated rings. The van der Waals surface area contributed by atoms with Gasteiger partial charge >= 0.3 is 0 Å². The van der Waals surface area contributed by atoms with Crippen LogP contribution >= 0.6 is 0 Å². The Morgan fingerprint density at radius 1 is 0.500 bits per heavy atom. The van der Waals surface area contributed by atoms with E-state index in [0.29, 0.717) is 0 Å². The molecule has 0 N–H and O–H groups in total. The molecule has 0 unspecified atom stereocenters. The van der Waals surface area contributed by atoms with Crippen LogP contribution in [0.2, 0.25) is 0 Å². The van der Waals surface area contributed by atoms with Crippen LogP contribution in [0.1, 0.15) is 16.7 Å². The van der Waals surface area contributed by atoms with Crippen molar-refractivity contribution in [1.82, 2.24) is 0 Å². The Kier molecular flexibility index (Phi) is 4.99. The van der Waals surface area contributed by atoms with E-state index in [1.54, 1.807) is 0 Å². The van der Waals surface area contributed by atoms with E-state index in [0.717, 1.165) is 11.4 Å². The van der Waals surface area contributed by atoms with Crippen LogP contribution in [0.25, 0.3) is 11.1 Å². The van der Waals surface area contributed by atoms with Gasteiger partial charge in [0.1, 0.15) is 0 Å². The summed E-state index contributed by atoms with van der Waals surface area (Å²) >= 11 is 0. The maximum atomic E-state index is 2.35. The fourth-order valence-corrected chi connectivity index (χ4v) is 3.51. The first-order valence-corrected chi connectivity index (χ1v) is 9.71. The number of aryl methyl sites for hydroxylation is 3. The average molecular weight is 364 g/mol. The molecule has 0 aliphatic heterocycles. The molecule has 4 aromatic rings. The van der Waals surface area contributed by atoms with Crippen molar-refractivity contribution in [2.45, 2.75) is 20.8 Å². The Bertz CT molecular complexity index is 1020. The third-order valence-corrected chi connectivity index (χ3v) is 5.06. The molecule has 1 heteroatoms. The van der Waals surface area contributed by atoms with E-state index in [4.69, 9.17) is 0 Å². The molecule has 0 aliphatic carbocycles. The molecule has 0 spiro atoms. The van der Waals surface area contributed by atoms with Crippen molar-refractivity contribution in [3.05, 3.63) is 114 Å². The minimum absolute atomic E-state index is 1.16. The fraction of sp³-hybridized carbons (Fsp3) is 0.111. The summed E-state index contributed by atoms with van der Waals surface area (Å²) in [5.41, 5.74) is 9.76. The Morgan fingerprint density at radius 3 is 1.54 bits per heavy atom. The summed E-state index contributed by atoms with van der Waals surface area (Å²) in [4.78, 5) is 2.35. The minimum Gasteiger partial charge on any atom is -0.310 e. The van der Waals surface area contributed by atoms with Crippen LogP contribution in [-0.2, 0) is 0 Å². The van der Waals surface area contributed by atoms with Crippen LogP contribution in [0.3, 0.4) is 0 Å². The zero-order valence-corrected chi connectivity index (χ0v) is 16.7. The van der Waals surface area contributed by atoms with Gasteiger partial charge in [0.2, 0.25) is 0 Å². The Labute approximate surface area is 167 Å². The lowest BCUT2D eigenvalue weighted by molar-refractivity contribution is 1.26. The first-order chi connectivity index (χ1) is 13.6. The van der Waals surface area contributed by atoms with Crippen molar-refractivity contribution in [1.29, 1.82) is 0 Å². The van der Waals surface area contributed by atoms with Crippen LogP contribution in [0.15, 0.2) is 97.1 Å². The van der Waals surface area contributed by atoms with Crippen molar-refractivity contribution in [2.24, 2.45) is 0 Å². The quantitative estimate of drug-likeness (QED) is 0.358. The molecule has 1 nitrogen and oxygen atoms in total. The van der Waals surface area contributed by atoms with Gasteiger partial charge in [-0.1, -0.05) is 77.4 Å². The standard InChI is InChI=1S/C27H25N/c1-20-9-14-24(15-10-20)28(25-16-11-21(2)12-17-25)27-18-13-22(3)19-26(27)23-7-5-4-6-8-23/h4-19H,1-3H3. The molecular formula is C27H25N. The molecule has 0 saturated carbocycles. The largest absolute Gasteiger partial charge is 0.310 e. The van der Waals surface area contributed by atoms with Gasteiger partial charge in [-0.2, -0.15) is 0 Å². The first kappa shape index (κ1) is 18.1. The molecular weight excluding hydrogens is 338 g/mol. The Hall–Kier alpha value is -3.32. The van der Waals surface area contributed by atoms with E-state index in [9.17, 15) is 0 Å². The molecule has 0 bridgehead atoms. The smallest absolute Gasteiger partial charge is 0.0540 e. The molecule has 0 aromatic heterocycles. The van der Waals surface area contributed by atoms with E-state index in [1.807, 2.05) is 0 Å². The van der Waals surface area contributed by atoms with E-state index in [1.165, 1.54) is 33.5 Å². The Morgan fingerprint density at radius 2 is 1.00 bits per heavy atom. The predicted octanol–water partition coefficient (Wildman–Crippen LogP) is 7.75. The molecule has 0 saturated heterocycles. The second kappa shape index (κ2) is 7.74. The number of hydrogen-bond donors (Lipinski definition) is 0. The highest BCUT2D eigenvalue weighted by atomic mass is 15.1. The summed E-state index contributed by atoms with van der Waals surface area (Å²) in [7, 11) is 0. The molecule has 0 amide bonds. The van der Waals surface area contributed by atoms with Gasteiger partial charge in [-0.05, 0) is 62.7 Å². The van der Waals surface area contributed by atoms with Gasteiger partial charge in [0.05, 0.1) is 5.69 Å². The van der Waals surface area contributed by atoms with Gasteiger partial charge < -0.3 is 4.90 Å². The lowest BCUT2D eigenvalue weighted by Gasteiger charge is -2.28. The molecule has 0 atom stereocenters. The molecule has 28 heavy (non-hydrogen) atoms. The van der Waals surface area contributed by atoms with Crippen LogP contribution in [-0.4, -0.2) is 0 Å². The Balaban J connectivity index is 1.95. The van der Waals surface area contributed by atoms with E-state index in [-0.39, 0.29) is 0 Å². The third kappa shape index (κ3) is 3.70. The van der Waals surface area contributed by atoms with Crippen LogP contribution < -0.4 is 4.90 Å². The zero-order valence-electron chi connectivity index (χ0n) is 16.7. The second-order valence-corrected chi connectivity index (χ2v) is 7.39. The van der Waals surface area contributed by atoms with Crippen molar-refractivity contribution in [3.8, 4) is 11.1 Å². The maximum absolute atomic E-state index is 2.35. The van der Waals surface area contributed by atoms with Gasteiger partial charge in [0.15, 0.2) is 0 Å². The predicted molar refractivity (Wildman–Crippen MR) is 121 cm³/mol. The molecule has 0 heterocycles. The topological polar surface area (TPSA) is 3.24 Å². The van der Waals surface area contributed by atoms with E-state index >= 15 is 0 Å². The van der Waals surface area contributed by atoms with Crippen molar-refractivity contribution in [3.63, 3.8) is 0 Å². The van der Waals surface area contributed by atoms with Crippen LogP contribution in [0.4, 0.5) is 17.1 Å². The second-order valence-electron chi connectivity index (χ2n) is 7.39. The average Bonchev–Trinajstić information content (AvgIpc) is 2.72. The van der Waals surface area contributed by atoms with Gasteiger partial charge in [0.25, 0.3) is 0 Å². The van der Waals surface area contributed by atoms with E-state index < -0.39 is 0 Å². The number of anilines is 3. The number of benzene rings is 4.